The molecule has 0 radical (unpaired) electrons. The van der Waals surface area contributed by atoms with Crippen LogP contribution >= 0.6 is 0 Å². The minimum atomic E-state index is 0.523. The van der Waals surface area contributed by atoms with Crippen molar-refractivity contribution in [3.63, 3.8) is 0 Å². The Morgan fingerprint density at radius 2 is 1.94 bits per heavy atom. The fourth-order valence-electron chi connectivity index (χ4n) is 2.78. The van der Waals surface area contributed by atoms with E-state index in [0.29, 0.717) is 11.8 Å². The molecule has 2 rings (SSSR count). The summed E-state index contributed by atoms with van der Waals surface area (Å²) in [5, 5.41) is 0. The number of hydrogen-bond donors (Lipinski definition) is 0. The van der Waals surface area contributed by atoms with Crippen LogP contribution in [0.1, 0.15) is 32.4 Å². The third-order valence-corrected chi connectivity index (χ3v) is 3.41. The predicted molar refractivity (Wildman–Crippen MR) is 67.0 cm³/mol. The van der Waals surface area contributed by atoms with Crippen LogP contribution < -0.4 is 4.57 Å². The van der Waals surface area contributed by atoms with E-state index in [1.54, 1.807) is 0 Å². The topological polar surface area (TPSA) is 3.88 Å². The van der Waals surface area contributed by atoms with E-state index in [1.165, 1.54) is 16.8 Å². The molecule has 1 heteroatoms. The normalized spacial score (nSPS) is 25.0. The van der Waals surface area contributed by atoms with Crippen LogP contribution in [0.5, 0.6) is 0 Å². The number of pyridine rings is 1. The SMILES string of the molecule is CC1=CC(C)C(c2cccc[n+]2C)C(C)=C1. The van der Waals surface area contributed by atoms with Crippen LogP contribution in [0.4, 0.5) is 0 Å². The van der Waals surface area contributed by atoms with Crippen LogP contribution in [0.25, 0.3) is 0 Å². The van der Waals surface area contributed by atoms with Gasteiger partial charge in [0.2, 0.25) is 0 Å². The molecule has 16 heavy (non-hydrogen) atoms. The second kappa shape index (κ2) is 4.25. The Balaban J connectivity index is 2.43. The van der Waals surface area contributed by atoms with E-state index < -0.39 is 0 Å². The number of nitrogens with zero attached hydrogens (tertiary/aromatic N) is 1. The van der Waals surface area contributed by atoms with E-state index in [2.05, 4.69) is 68.9 Å². The van der Waals surface area contributed by atoms with Gasteiger partial charge in [0.1, 0.15) is 7.05 Å². The molecule has 0 aliphatic heterocycles. The molecule has 0 bridgehead atoms. The lowest BCUT2D eigenvalue weighted by Gasteiger charge is -2.24. The number of aryl methyl sites for hydroxylation is 1. The highest BCUT2D eigenvalue weighted by Crippen LogP contribution is 2.35. The van der Waals surface area contributed by atoms with Crippen molar-refractivity contribution in [2.45, 2.75) is 26.7 Å². The fraction of sp³-hybridized carbons (Fsp3) is 0.400. The summed E-state index contributed by atoms with van der Waals surface area (Å²) >= 11 is 0. The highest BCUT2D eigenvalue weighted by Gasteiger charge is 2.28. The monoisotopic (exact) mass is 214 g/mol. The van der Waals surface area contributed by atoms with Crippen molar-refractivity contribution in [2.75, 3.05) is 0 Å². The fourth-order valence-corrected chi connectivity index (χ4v) is 2.78. The maximum absolute atomic E-state index is 2.37. The first kappa shape index (κ1) is 11.1. The Morgan fingerprint density at radius 1 is 1.19 bits per heavy atom. The lowest BCUT2D eigenvalue weighted by molar-refractivity contribution is -0.680. The Kier molecular flexibility index (Phi) is 2.95. The van der Waals surface area contributed by atoms with Gasteiger partial charge < -0.3 is 0 Å². The highest BCUT2D eigenvalue weighted by molar-refractivity contribution is 5.34. The third-order valence-electron chi connectivity index (χ3n) is 3.41. The van der Waals surface area contributed by atoms with E-state index >= 15 is 0 Å². The van der Waals surface area contributed by atoms with Crippen molar-refractivity contribution in [3.8, 4) is 0 Å². The van der Waals surface area contributed by atoms with Crippen LogP contribution in [-0.2, 0) is 7.05 Å². The number of aromatic nitrogens is 1. The molecule has 1 heterocycles. The molecule has 1 aromatic rings. The molecule has 0 saturated carbocycles. The Labute approximate surface area is 98.1 Å². The molecule has 0 N–H and O–H groups in total. The number of hydrogen-bond acceptors (Lipinski definition) is 0. The van der Waals surface area contributed by atoms with Gasteiger partial charge in [-0.3, -0.25) is 0 Å². The molecule has 1 aromatic heterocycles. The van der Waals surface area contributed by atoms with Crippen molar-refractivity contribution < 1.29 is 4.57 Å². The van der Waals surface area contributed by atoms with Gasteiger partial charge in [-0.15, -0.1) is 0 Å². The van der Waals surface area contributed by atoms with Gasteiger partial charge in [-0.1, -0.05) is 36.3 Å². The standard InChI is InChI=1S/C15H20N/c1-11-9-12(2)15(13(3)10-11)14-7-5-6-8-16(14)4/h5-10,12,15H,1-4H3/q+1. The third kappa shape index (κ3) is 1.95. The molecule has 1 nitrogen and oxygen atoms in total. The summed E-state index contributed by atoms with van der Waals surface area (Å²) in [6, 6.07) is 6.44. The van der Waals surface area contributed by atoms with E-state index in [-0.39, 0.29) is 0 Å². The molecule has 1 aliphatic rings. The summed E-state index contributed by atoms with van der Waals surface area (Å²) in [6.45, 7) is 6.73. The molecule has 0 fully saturated rings. The largest absolute Gasteiger partial charge is 0.205 e. The highest BCUT2D eigenvalue weighted by atomic mass is 14.9. The van der Waals surface area contributed by atoms with Gasteiger partial charge in [-0.2, -0.15) is 0 Å². The minimum Gasteiger partial charge on any atom is -0.205 e. The van der Waals surface area contributed by atoms with Crippen molar-refractivity contribution in [3.05, 3.63) is 53.4 Å². The van der Waals surface area contributed by atoms with Crippen LogP contribution in [0.15, 0.2) is 47.7 Å². The Bertz CT molecular complexity index is 454. The first-order valence-electron chi connectivity index (χ1n) is 5.91. The maximum Gasteiger partial charge on any atom is 0.188 e. The molecular weight excluding hydrogens is 194 g/mol. The van der Waals surface area contributed by atoms with Gasteiger partial charge in [-0.05, 0) is 19.8 Å². The molecular formula is C15H20N+. The summed E-state index contributed by atoms with van der Waals surface area (Å²) in [5.41, 5.74) is 4.25. The zero-order valence-electron chi connectivity index (χ0n) is 10.6. The summed E-state index contributed by atoms with van der Waals surface area (Å²) in [5.74, 6) is 1.11. The summed E-state index contributed by atoms with van der Waals surface area (Å²) in [4.78, 5) is 0. The molecule has 0 spiro atoms. The average molecular weight is 214 g/mol. The van der Waals surface area contributed by atoms with Crippen LogP contribution in [0.3, 0.4) is 0 Å². The van der Waals surface area contributed by atoms with Crippen LogP contribution in [0.2, 0.25) is 0 Å². The number of rotatable bonds is 1. The first-order chi connectivity index (χ1) is 7.59. The van der Waals surface area contributed by atoms with Gasteiger partial charge in [0.25, 0.3) is 0 Å². The Morgan fingerprint density at radius 3 is 2.56 bits per heavy atom. The van der Waals surface area contributed by atoms with Crippen LogP contribution in [-0.4, -0.2) is 0 Å². The molecule has 0 saturated heterocycles. The molecule has 0 amide bonds. The summed E-state index contributed by atoms with van der Waals surface area (Å²) in [6.07, 6.45) is 6.79. The van der Waals surface area contributed by atoms with E-state index in [1.807, 2.05) is 0 Å². The van der Waals surface area contributed by atoms with Gasteiger partial charge in [0.15, 0.2) is 11.9 Å². The second-order valence-corrected chi connectivity index (χ2v) is 4.87. The van der Waals surface area contributed by atoms with Crippen molar-refractivity contribution >= 4 is 0 Å². The summed E-state index contributed by atoms with van der Waals surface area (Å²) in [7, 11) is 2.13. The molecule has 2 atom stereocenters. The number of allylic oxidation sites excluding steroid dienone is 4. The Hall–Kier alpha value is -1.37. The minimum absolute atomic E-state index is 0.523. The van der Waals surface area contributed by atoms with Gasteiger partial charge in [0, 0.05) is 12.1 Å². The predicted octanol–water partition coefficient (Wildman–Crippen LogP) is 3.14. The zero-order valence-corrected chi connectivity index (χ0v) is 10.6. The van der Waals surface area contributed by atoms with E-state index in [4.69, 9.17) is 0 Å². The van der Waals surface area contributed by atoms with Gasteiger partial charge in [0.05, 0.1) is 5.92 Å². The van der Waals surface area contributed by atoms with Crippen molar-refractivity contribution in [2.24, 2.45) is 13.0 Å². The molecule has 84 valence electrons. The molecule has 2 unspecified atom stereocenters. The van der Waals surface area contributed by atoms with E-state index in [9.17, 15) is 0 Å². The van der Waals surface area contributed by atoms with Crippen molar-refractivity contribution in [1.29, 1.82) is 0 Å². The molecule has 0 aromatic carbocycles. The zero-order chi connectivity index (χ0) is 11.7. The van der Waals surface area contributed by atoms with Crippen molar-refractivity contribution in [1.82, 2.24) is 0 Å². The molecule has 1 aliphatic carbocycles. The van der Waals surface area contributed by atoms with Gasteiger partial charge >= 0.3 is 0 Å². The lowest BCUT2D eigenvalue weighted by atomic mass is 9.79. The maximum atomic E-state index is 2.37. The lowest BCUT2D eigenvalue weighted by Crippen LogP contribution is -2.36. The van der Waals surface area contributed by atoms with Gasteiger partial charge in [-0.25, -0.2) is 4.57 Å². The first-order valence-corrected chi connectivity index (χ1v) is 5.91. The smallest absolute Gasteiger partial charge is 0.188 e. The average Bonchev–Trinajstić information content (AvgIpc) is 2.19. The van der Waals surface area contributed by atoms with E-state index in [0.717, 1.165) is 0 Å². The summed E-state index contributed by atoms with van der Waals surface area (Å²) < 4.78 is 2.23. The van der Waals surface area contributed by atoms with Crippen LogP contribution in [0, 0.1) is 5.92 Å². The second-order valence-electron chi connectivity index (χ2n) is 4.87. The quantitative estimate of drug-likeness (QED) is 0.632.